The van der Waals surface area contributed by atoms with Crippen LogP contribution in [0.2, 0.25) is 5.28 Å². The molecule has 2 heteroatoms. The molecule has 0 N–H and O–H groups in total. The summed E-state index contributed by atoms with van der Waals surface area (Å²) >= 11 is 0.537. The molecule has 0 aliphatic heterocycles. The first-order valence-electron chi connectivity index (χ1n) is 4.23. The number of halogens is 1. The second kappa shape index (κ2) is 6.23. The molecule has 1 aromatic carbocycles. The summed E-state index contributed by atoms with van der Waals surface area (Å²) in [7, 11) is 0. The van der Waals surface area contributed by atoms with Gasteiger partial charge >= 0.3 is 75.0 Å². The van der Waals surface area contributed by atoms with Gasteiger partial charge < -0.3 is 4.70 Å². The molecule has 0 aromatic heterocycles. The van der Waals surface area contributed by atoms with Crippen molar-refractivity contribution in [1.29, 1.82) is 0 Å². The molecule has 0 radical (unpaired) electrons. The Morgan fingerprint density at radius 3 is 2.25 bits per heavy atom. The molecule has 0 fully saturated rings. The van der Waals surface area contributed by atoms with Crippen LogP contribution in [0, 0.1) is 6.92 Å². The van der Waals surface area contributed by atoms with Gasteiger partial charge in [-0.3, -0.25) is 0 Å². The zero-order chi connectivity index (χ0) is 8.10. The zero-order valence-electron chi connectivity index (χ0n) is 7.68. The minimum atomic E-state index is 0. The van der Waals surface area contributed by atoms with E-state index in [2.05, 4.69) is 38.1 Å². The molecule has 64 valence electrons. The molecule has 0 aliphatic carbocycles. The van der Waals surface area contributed by atoms with Crippen LogP contribution in [0.1, 0.15) is 18.9 Å². The molecule has 0 amide bonds. The van der Waals surface area contributed by atoms with Crippen molar-refractivity contribution >= 4 is 19.6 Å². The van der Waals surface area contributed by atoms with E-state index in [9.17, 15) is 0 Å². The van der Waals surface area contributed by atoms with Crippen LogP contribution < -0.4 is 9.13 Å². The summed E-state index contributed by atoms with van der Waals surface area (Å²) < 4.78 is 1.55. The fourth-order valence-corrected chi connectivity index (χ4v) is 2.10. The Kier molecular flexibility index (Phi) is 6.06. The van der Waals surface area contributed by atoms with Gasteiger partial charge in [0.15, 0.2) is 0 Å². The van der Waals surface area contributed by atoms with Gasteiger partial charge in [-0.1, -0.05) is 0 Å². The summed E-state index contributed by atoms with van der Waals surface area (Å²) in [6.45, 7) is 4.39. The first kappa shape index (κ1) is 11.7. The van der Waals surface area contributed by atoms with E-state index in [0.717, 1.165) is 0 Å². The van der Waals surface area contributed by atoms with Gasteiger partial charge in [-0.25, -0.2) is 0 Å². The minimum Gasteiger partial charge on any atom is -1.00 e. The molecule has 0 spiro atoms. The maximum Gasteiger partial charge on any atom is -1.00 e. The van der Waals surface area contributed by atoms with Gasteiger partial charge in [0.2, 0.25) is 0 Å². The third kappa shape index (κ3) is 3.90. The molecule has 0 bridgehead atoms. The number of rotatable bonds is 3. The third-order valence-corrected chi connectivity index (χ3v) is 3.47. The second-order valence-corrected chi connectivity index (χ2v) is 4.56. The maximum atomic E-state index is 2.26. The van der Waals surface area contributed by atoms with Crippen molar-refractivity contribution in [1.82, 2.24) is 0 Å². The number of benzene rings is 1. The maximum absolute atomic E-state index is 2.26. The van der Waals surface area contributed by atoms with Gasteiger partial charge in [0.1, 0.15) is 0 Å². The first-order valence-corrected chi connectivity index (χ1v) is 5.62. The zero-order valence-corrected chi connectivity index (χ0v) is 8.83. The topological polar surface area (TPSA) is 0 Å². The van der Waals surface area contributed by atoms with Crippen LogP contribution in [-0.2, 0) is 0 Å². The molecule has 12 heavy (non-hydrogen) atoms. The number of hydrogen-bond acceptors (Lipinski definition) is 0. The molecule has 0 aliphatic rings. The quantitative estimate of drug-likeness (QED) is 0.532. The minimum absolute atomic E-state index is 0. The van der Waals surface area contributed by atoms with Gasteiger partial charge in [-0.05, 0) is 0 Å². The molecule has 0 saturated heterocycles. The summed E-state index contributed by atoms with van der Waals surface area (Å²) in [6.07, 6.45) is 1.32. The average Bonchev–Trinajstić information content (AvgIpc) is 2.04. The fraction of sp³-hybridized carbons (Fsp3) is 0.400. The molecule has 0 atom stereocenters. The summed E-state index contributed by atoms with van der Waals surface area (Å²) in [5.74, 6) is 0. The first-order chi connectivity index (χ1) is 5.33. The Balaban J connectivity index is 0.00000121. The van der Waals surface area contributed by atoms with E-state index in [4.69, 9.17) is 0 Å². The summed E-state index contributed by atoms with van der Waals surface area (Å²) in [5, 5.41) is 1.39. The predicted molar refractivity (Wildman–Crippen MR) is 51.7 cm³/mol. The van der Waals surface area contributed by atoms with Crippen LogP contribution in [0.4, 0.5) is 0 Å². The molecule has 0 unspecified atom stereocenters. The van der Waals surface area contributed by atoms with Gasteiger partial charge in [0.05, 0.1) is 0 Å². The van der Waals surface area contributed by atoms with Crippen molar-refractivity contribution in [2.45, 2.75) is 25.6 Å². The van der Waals surface area contributed by atoms with Crippen molar-refractivity contribution in [2.24, 2.45) is 0 Å². The van der Waals surface area contributed by atoms with Crippen molar-refractivity contribution in [3.63, 3.8) is 0 Å². The molecular formula is C10H14AlF. The van der Waals surface area contributed by atoms with Crippen molar-refractivity contribution in [3.05, 3.63) is 29.8 Å². The summed E-state index contributed by atoms with van der Waals surface area (Å²) in [5.41, 5.74) is 1.37. The second-order valence-electron chi connectivity index (χ2n) is 2.90. The third-order valence-electron chi connectivity index (χ3n) is 1.75. The van der Waals surface area contributed by atoms with Gasteiger partial charge in [-0.2, -0.15) is 0 Å². The summed E-state index contributed by atoms with van der Waals surface area (Å²) in [4.78, 5) is 0. The van der Waals surface area contributed by atoms with Crippen LogP contribution in [0.15, 0.2) is 24.3 Å². The van der Waals surface area contributed by atoms with E-state index in [1.165, 1.54) is 17.3 Å². The average molecular weight is 180 g/mol. The van der Waals surface area contributed by atoms with E-state index in [-0.39, 0.29) is 4.70 Å². The van der Waals surface area contributed by atoms with Gasteiger partial charge in [0, 0.05) is 0 Å². The SMILES string of the molecule is CC[CH2][Al+][c]1ccc(C)cc1.[F-]. The Labute approximate surface area is 80.1 Å². The van der Waals surface area contributed by atoms with Crippen LogP contribution in [0.25, 0.3) is 0 Å². The largest absolute Gasteiger partial charge is 1.00 e. The van der Waals surface area contributed by atoms with Crippen molar-refractivity contribution in [2.75, 3.05) is 0 Å². The van der Waals surface area contributed by atoms with Crippen molar-refractivity contribution in [3.8, 4) is 0 Å². The summed E-state index contributed by atoms with van der Waals surface area (Å²) in [6, 6.07) is 8.94. The Morgan fingerprint density at radius 1 is 1.17 bits per heavy atom. The number of aryl methyl sites for hydroxylation is 1. The van der Waals surface area contributed by atoms with E-state index in [1.54, 1.807) is 4.43 Å². The molecular weight excluding hydrogens is 166 g/mol. The van der Waals surface area contributed by atoms with Gasteiger partial charge in [-0.15, -0.1) is 0 Å². The monoisotopic (exact) mass is 180 g/mol. The van der Waals surface area contributed by atoms with Crippen molar-refractivity contribution < 1.29 is 4.70 Å². The van der Waals surface area contributed by atoms with Crippen LogP contribution in [0.5, 0.6) is 0 Å². The van der Waals surface area contributed by atoms with E-state index < -0.39 is 0 Å². The number of hydrogen-bond donors (Lipinski definition) is 0. The molecule has 1 aromatic rings. The van der Waals surface area contributed by atoms with Crippen LogP contribution in [0.3, 0.4) is 0 Å². The van der Waals surface area contributed by atoms with Crippen LogP contribution in [-0.4, -0.2) is 15.2 Å². The molecule has 1 rings (SSSR count). The Hall–Kier alpha value is -0.318. The standard InChI is InChI=1S/C7H7.C3H7.Al.FH/c1-7-5-3-2-4-6-7;1-3-2;;/h3-6H,1H3;1,3H2,2H3;;1H/q;;+1;/p-1. The Morgan fingerprint density at radius 2 is 1.75 bits per heavy atom. The Bertz CT molecular complexity index is 206. The molecule has 0 nitrogen and oxygen atoms in total. The molecule has 0 heterocycles. The molecule has 0 saturated carbocycles. The predicted octanol–water partition coefficient (Wildman–Crippen LogP) is -0.843. The van der Waals surface area contributed by atoms with E-state index in [1.807, 2.05) is 0 Å². The van der Waals surface area contributed by atoms with E-state index in [0.29, 0.717) is 15.2 Å². The van der Waals surface area contributed by atoms with Gasteiger partial charge in [0.25, 0.3) is 0 Å². The van der Waals surface area contributed by atoms with Crippen LogP contribution >= 0.6 is 0 Å². The smallest absolute Gasteiger partial charge is 1.00 e. The van der Waals surface area contributed by atoms with E-state index >= 15 is 0 Å². The fourth-order valence-electron chi connectivity index (χ4n) is 1.01. The normalized spacial score (nSPS) is 8.50.